The maximum absolute atomic E-state index is 13.7. The van der Waals surface area contributed by atoms with Crippen molar-refractivity contribution in [2.45, 2.75) is 57.7 Å². The summed E-state index contributed by atoms with van der Waals surface area (Å²) >= 11 is 0. The van der Waals surface area contributed by atoms with Crippen LogP contribution in [-0.2, 0) is 17.8 Å². The van der Waals surface area contributed by atoms with E-state index in [2.05, 4.69) is 27.0 Å². The normalized spacial score (nSPS) is 17.8. The minimum atomic E-state index is -0.925. The zero-order valence-electron chi connectivity index (χ0n) is 20.9. The van der Waals surface area contributed by atoms with E-state index in [1.54, 1.807) is 0 Å². The van der Waals surface area contributed by atoms with Gasteiger partial charge in [0, 0.05) is 36.5 Å². The minimum Gasteiger partial charge on any atom is -0.476 e. The number of carbonyl (C=O) groups is 1. The number of halogens is 2. The van der Waals surface area contributed by atoms with Crippen molar-refractivity contribution in [2.24, 2.45) is 4.99 Å². The van der Waals surface area contributed by atoms with Gasteiger partial charge in [-0.25, -0.2) is 13.8 Å². The molecule has 1 aliphatic carbocycles. The first-order chi connectivity index (χ1) is 18.0. The van der Waals surface area contributed by atoms with Gasteiger partial charge in [-0.1, -0.05) is 49.2 Å². The van der Waals surface area contributed by atoms with Crippen LogP contribution in [0.15, 0.2) is 65.7 Å². The molecule has 1 aliphatic heterocycles. The highest BCUT2D eigenvalue weighted by Gasteiger charge is 2.28. The summed E-state index contributed by atoms with van der Waals surface area (Å²) in [4.78, 5) is 18.0. The van der Waals surface area contributed by atoms with E-state index < -0.39 is 11.6 Å². The predicted octanol–water partition coefficient (Wildman–Crippen LogP) is 6.23. The summed E-state index contributed by atoms with van der Waals surface area (Å²) in [6, 6.07) is 15.9. The first kappa shape index (κ1) is 24.9. The number of benzene rings is 2. The van der Waals surface area contributed by atoms with Gasteiger partial charge in [-0.3, -0.25) is 4.79 Å². The number of ether oxygens (including phenoxy) is 1. The molecule has 1 aromatic heterocycles. The first-order valence-corrected chi connectivity index (χ1v) is 12.9. The number of nitrogens with one attached hydrogen (secondary N) is 1. The van der Waals surface area contributed by atoms with E-state index in [9.17, 15) is 13.6 Å². The number of rotatable bonds is 8. The van der Waals surface area contributed by atoms with Gasteiger partial charge in [0.1, 0.15) is 6.61 Å². The fourth-order valence-corrected chi connectivity index (χ4v) is 5.16. The number of hydrogen-bond acceptors (Lipinski definition) is 3. The lowest BCUT2D eigenvalue weighted by molar-refractivity contribution is 0.0949. The molecule has 0 bridgehead atoms. The monoisotopic (exact) mass is 503 g/mol. The van der Waals surface area contributed by atoms with Crippen molar-refractivity contribution in [1.29, 1.82) is 0 Å². The minimum absolute atomic E-state index is 0.109. The molecule has 37 heavy (non-hydrogen) atoms. The molecule has 0 saturated heterocycles. The van der Waals surface area contributed by atoms with Crippen LogP contribution in [0.4, 0.5) is 8.78 Å². The first-order valence-electron chi connectivity index (χ1n) is 12.9. The second-order valence-corrected chi connectivity index (χ2v) is 9.81. The number of aromatic nitrogens is 1. The summed E-state index contributed by atoms with van der Waals surface area (Å²) in [7, 11) is 0. The summed E-state index contributed by atoms with van der Waals surface area (Å²) in [5.41, 5.74) is 4.18. The van der Waals surface area contributed by atoms with Gasteiger partial charge in [0.2, 0.25) is 5.90 Å². The summed E-state index contributed by atoms with van der Waals surface area (Å²) in [5.74, 6) is -1.19. The smallest absolute Gasteiger partial charge is 0.253 e. The molecule has 3 aromatic rings. The topological polar surface area (TPSA) is 55.6 Å². The van der Waals surface area contributed by atoms with Crippen molar-refractivity contribution >= 4 is 17.9 Å². The van der Waals surface area contributed by atoms with E-state index in [1.165, 1.54) is 6.07 Å². The zero-order valence-corrected chi connectivity index (χ0v) is 20.9. The van der Waals surface area contributed by atoms with Crippen LogP contribution in [0.1, 0.15) is 71.4 Å². The highest BCUT2D eigenvalue weighted by atomic mass is 19.2. The van der Waals surface area contributed by atoms with E-state index >= 15 is 0 Å². The number of aliphatic imine (C=N–C) groups is 1. The highest BCUT2D eigenvalue weighted by Crippen LogP contribution is 2.38. The molecule has 1 fully saturated rings. The summed E-state index contributed by atoms with van der Waals surface area (Å²) in [6.07, 6.45) is 8.14. The van der Waals surface area contributed by atoms with Gasteiger partial charge in [0.25, 0.3) is 5.91 Å². The van der Waals surface area contributed by atoms with Gasteiger partial charge in [-0.05, 0) is 55.2 Å². The SMILES string of the molecule is CC1COC(/C=C/c2cc(C(=O)NCc3ccc(F)c(F)c3)c(C3CCCC3)n2Cc2ccccc2)=N1. The van der Waals surface area contributed by atoms with Gasteiger partial charge < -0.3 is 14.6 Å². The third kappa shape index (κ3) is 5.82. The Kier molecular flexibility index (Phi) is 7.49. The Balaban J connectivity index is 1.50. The Bertz CT molecular complexity index is 1320. The molecular formula is C30H31F2N3O2. The van der Waals surface area contributed by atoms with Crippen molar-refractivity contribution in [3.63, 3.8) is 0 Å². The molecule has 1 atom stereocenters. The number of amides is 1. The largest absolute Gasteiger partial charge is 0.476 e. The third-order valence-corrected chi connectivity index (χ3v) is 6.99. The third-order valence-electron chi connectivity index (χ3n) is 6.99. The molecule has 5 nitrogen and oxygen atoms in total. The van der Waals surface area contributed by atoms with E-state index in [1.807, 2.05) is 43.3 Å². The van der Waals surface area contributed by atoms with Gasteiger partial charge in [0.15, 0.2) is 11.6 Å². The molecule has 1 amide bonds. The Morgan fingerprint density at radius 3 is 2.54 bits per heavy atom. The molecule has 0 radical (unpaired) electrons. The average molecular weight is 504 g/mol. The Morgan fingerprint density at radius 1 is 1.05 bits per heavy atom. The van der Waals surface area contributed by atoms with Crippen molar-refractivity contribution < 1.29 is 18.3 Å². The van der Waals surface area contributed by atoms with Crippen LogP contribution in [0, 0.1) is 11.6 Å². The standard InChI is InChI=1S/C30H31F2N3O2/c1-20-19-37-28(34-20)14-12-24-16-25(30(36)33-17-22-11-13-26(31)27(32)15-22)29(23-9-5-6-10-23)35(24)18-21-7-3-2-4-8-21/h2-4,7-8,11-16,20,23H,5-6,9-10,17-19H2,1H3,(H,33,36)/b14-12+. The highest BCUT2D eigenvalue weighted by molar-refractivity contribution is 5.97. The molecule has 2 aromatic carbocycles. The van der Waals surface area contributed by atoms with Crippen molar-refractivity contribution in [2.75, 3.05) is 6.61 Å². The average Bonchev–Trinajstić information content (AvgIpc) is 3.64. The summed E-state index contributed by atoms with van der Waals surface area (Å²) in [6.45, 7) is 3.31. The molecule has 0 spiro atoms. The Morgan fingerprint density at radius 2 is 1.84 bits per heavy atom. The number of hydrogen-bond donors (Lipinski definition) is 1. The van der Waals surface area contributed by atoms with Crippen LogP contribution in [0.5, 0.6) is 0 Å². The lowest BCUT2D eigenvalue weighted by atomic mass is 9.99. The predicted molar refractivity (Wildman–Crippen MR) is 141 cm³/mol. The van der Waals surface area contributed by atoms with Crippen molar-refractivity contribution in [1.82, 2.24) is 9.88 Å². The van der Waals surface area contributed by atoms with E-state index in [0.717, 1.165) is 54.8 Å². The van der Waals surface area contributed by atoms with Gasteiger partial charge >= 0.3 is 0 Å². The quantitative estimate of drug-likeness (QED) is 0.396. The van der Waals surface area contributed by atoms with Gasteiger partial charge in [-0.15, -0.1) is 0 Å². The Hall–Kier alpha value is -3.74. The molecule has 1 unspecified atom stereocenters. The number of nitrogens with zero attached hydrogens (tertiary/aromatic N) is 2. The maximum atomic E-state index is 13.7. The van der Waals surface area contributed by atoms with E-state index in [4.69, 9.17) is 4.74 Å². The van der Waals surface area contributed by atoms with Gasteiger partial charge in [-0.2, -0.15) is 0 Å². The molecular weight excluding hydrogens is 472 g/mol. The summed E-state index contributed by atoms with van der Waals surface area (Å²) < 4.78 is 34.9. The fraction of sp³-hybridized carbons (Fsp3) is 0.333. The second kappa shape index (κ2) is 11.1. The van der Waals surface area contributed by atoms with Gasteiger partial charge in [0.05, 0.1) is 11.6 Å². The maximum Gasteiger partial charge on any atom is 0.253 e. The lowest BCUT2D eigenvalue weighted by Crippen LogP contribution is -2.24. The van der Waals surface area contributed by atoms with E-state index in [-0.39, 0.29) is 24.4 Å². The van der Waals surface area contributed by atoms with Crippen LogP contribution in [0.25, 0.3) is 6.08 Å². The lowest BCUT2D eigenvalue weighted by Gasteiger charge is -2.18. The molecule has 7 heteroatoms. The van der Waals surface area contributed by atoms with Crippen molar-refractivity contribution in [3.05, 3.63) is 100 Å². The summed E-state index contributed by atoms with van der Waals surface area (Å²) in [5, 5.41) is 2.92. The molecule has 5 rings (SSSR count). The van der Waals surface area contributed by atoms with Crippen LogP contribution in [-0.4, -0.2) is 29.0 Å². The van der Waals surface area contributed by atoms with Crippen LogP contribution in [0.2, 0.25) is 0 Å². The second-order valence-electron chi connectivity index (χ2n) is 9.81. The Labute approximate surface area is 215 Å². The van der Waals surface area contributed by atoms with E-state index in [0.29, 0.717) is 30.2 Å². The van der Waals surface area contributed by atoms with Crippen LogP contribution >= 0.6 is 0 Å². The van der Waals surface area contributed by atoms with Crippen molar-refractivity contribution in [3.8, 4) is 0 Å². The van der Waals surface area contributed by atoms with Crippen LogP contribution in [0.3, 0.4) is 0 Å². The molecule has 2 aliphatic rings. The molecule has 2 heterocycles. The molecule has 1 N–H and O–H groups in total. The molecule has 1 saturated carbocycles. The molecule has 192 valence electrons. The van der Waals surface area contributed by atoms with Crippen LogP contribution < -0.4 is 5.32 Å². The fourth-order valence-electron chi connectivity index (χ4n) is 5.16. The number of carbonyl (C=O) groups excluding carboxylic acids is 1. The zero-order chi connectivity index (χ0) is 25.8.